The third kappa shape index (κ3) is 7.90. The average molecular weight is 540 g/mol. The number of anilines is 2. The molecule has 0 radical (unpaired) electrons. The van der Waals surface area contributed by atoms with Gasteiger partial charge in [-0.2, -0.15) is 0 Å². The molecule has 39 heavy (non-hydrogen) atoms. The van der Waals surface area contributed by atoms with E-state index in [4.69, 9.17) is 0 Å². The predicted octanol–water partition coefficient (Wildman–Crippen LogP) is 6.35. The Bertz CT molecular complexity index is 1480. The predicted molar refractivity (Wildman–Crippen MR) is 154 cm³/mol. The molecule has 0 fully saturated rings. The zero-order chi connectivity index (χ0) is 27.6. The van der Waals surface area contributed by atoms with Gasteiger partial charge in [0.1, 0.15) is 11.5 Å². The Labute approximate surface area is 230 Å². The van der Waals surface area contributed by atoms with E-state index in [0.717, 1.165) is 10.6 Å². The van der Waals surface area contributed by atoms with Gasteiger partial charge in [-0.3, -0.25) is 14.4 Å². The van der Waals surface area contributed by atoms with Crippen molar-refractivity contribution in [1.29, 1.82) is 0 Å². The first kappa shape index (κ1) is 27.3. The molecule has 8 heteroatoms. The van der Waals surface area contributed by atoms with Crippen molar-refractivity contribution in [1.82, 2.24) is 5.32 Å². The molecule has 4 aromatic carbocycles. The smallest absolute Gasteiger partial charge is 0.272 e. The van der Waals surface area contributed by atoms with Crippen LogP contribution in [-0.4, -0.2) is 23.0 Å². The largest absolute Gasteiger partial charge is 0.325 e. The number of benzene rings is 4. The van der Waals surface area contributed by atoms with E-state index in [0.29, 0.717) is 11.3 Å². The van der Waals surface area contributed by atoms with Crippen LogP contribution in [0.2, 0.25) is 0 Å². The summed E-state index contributed by atoms with van der Waals surface area (Å²) in [5.41, 5.74) is 1.60. The maximum atomic E-state index is 14.3. The van der Waals surface area contributed by atoms with Gasteiger partial charge >= 0.3 is 0 Å². The highest BCUT2D eigenvalue weighted by Crippen LogP contribution is 2.26. The molecule has 0 saturated heterocycles. The highest BCUT2D eigenvalue weighted by molar-refractivity contribution is 8.00. The number of amides is 3. The van der Waals surface area contributed by atoms with Crippen LogP contribution in [0.15, 0.2) is 120 Å². The lowest BCUT2D eigenvalue weighted by atomic mass is 10.1. The molecule has 0 bridgehead atoms. The topological polar surface area (TPSA) is 87.3 Å². The molecule has 4 aromatic rings. The zero-order valence-corrected chi connectivity index (χ0v) is 21.9. The molecule has 3 N–H and O–H groups in total. The van der Waals surface area contributed by atoms with Crippen molar-refractivity contribution in [2.45, 2.75) is 17.1 Å². The molecule has 4 rings (SSSR count). The summed E-state index contributed by atoms with van der Waals surface area (Å²) in [5, 5.41) is 7.86. The van der Waals surface area contributed by atoms with E-state index in [9.17, 15) is 18.8 Å². The first-order valence-corrected chi connectivity index (χ1v) is 13.0. The monoisotopic (exact) mass is 539 g/mol. The van der Waals surface area contributed by atoms with Crippen molar-refractivity contribution in [3.8, 4) is 0 Å². The van der Waals surface area contributed by atoms with Gasteiger partial charge in [0.15, 0.2) is 0 Å². The van der Waals surface area contributed by atoms with Crippen molar-refractivity contribution in [3.63, 3.8) is 0 Å². The van der Waals surface area contributed by atoms with Gasteiger partial charge in [-0.1, -0.05) is 54.6 Å². The molecular formula is C31H26FN3O3S. The normalized spacial score (nSPS) is 11.8. The highest BCUT2D eigenvalue weighted by Gasteiger charge is 2.17. The van der Waals surface area contributed by atoms with Gasteiger partial charge in [-0.05, 0) is 67.6 Å². The Morgan fingerprint density at radius 1 is 0.744 bits per heavy atom. The molecule has 1 atom stereocenters. The Balaban J connectivity index is 1.44. The van der Waals surface area contributed by atoms with Crippen LogP contribution >= 0.6 is 11.8 Å². The SMILES string of the molecule is CC(Sc1ccc(NC(=O)/C(=C/c2ccccc2F)NC(=O)c2ccccc2)cc1)C(=O)Nc1ccccc1. The Hall–Kier alpha value is -4.69. The van der Waals surface area contributed by atoms with Gasteiger partial charge in [0.2, 0.25) is 5.91 Å². The number of para-hydroxylation sites is 1. The van der Waals surface area contributed by atoms with E-state index in [1.165, 1.54) is 30.0 Å². The van der Waals surface area contributed by atoms with Gasteiger partial charge in [0.25, 0.3) is 11.8 Å². The van der Waals surface area contributed by atoms with E-state index >= 15 is 0 Å². The molecule has 0 aliphatic carbocycles. The van der Waals surface area contributed by atoms with Crippen LogP contribution in [0.25, 0.3) is 6.08 Å². The quantitative estimate of drug-likeness (QED) is 0.171. The van der Waals surface area contributed by atoms with E-state index in [1.807, 2.05) is 37.3 Å². The van der Waals surface area contributed by atoms with Gasteiger partial charge in [0, 0.05) is 27.4 Å². The number of carbonyl (C=O) groups excluding carboxylic acids is 3. The fraction of sp³-hybridized carbons (Fsp3) is 0.0645. The van der Waals surface area contributed by atoms with Crippen molar-refractivity contribution in [2.24, 2.45) is 0 Å². The van der Waals surface area contributed by atoms with Crippen LogP contribution < -0.4 is 16.0 Å². The first-order chi connectivity index (χ1) is 18.9. The van der Waals surface area contributed by atoms with Gasteiger partial charge in [-0.15, -0.1) is 11.8 Å². The molecule has 0 aromatic heterocycles. The molecule has 0 aliphatic rings. The lowest BCUT2D eigenvalue weighted by Gasteiger charge is -2.13. The Morgan fingerprint density at radius 3 is 2.00 bits per heavy atom. The fourth-order valence-corrected chi connectivity index (χ4v) is 4.40. The second-order valence-electron chi connectivity index (χ2n) is 8.49. The number of hydrogen-bond donors (Lipinski definition) is 3. The van der Waals surface area contributed by atoms with E-state index in [-0.39, 0.29) is 22.4 Å². The average Bonchev–Trinajstić information content (AvgIpc) is 2.95. The summed E-state index contributed by atoms with van der Waals surface area (Å²) in [6.45, 7) is 1.81. The Kier molecular flexibility index (Phi) is 9.26. The number of carbonyl (C=O) groups is 3. The van der Waals surface area contributed by atoms with E-state index < -0.39 is 17.6 Å². The minimum absolute atomic E-state index is 0.112. The van der Waals surface area contributed by atoms with Crippen molar-refractivity contribution < 1.29 is 18.8 Å². The standard InChI is InChI=1S/C31H26FN3O3S/c1-21(29(36)33-24-13-6-3-7-14-24)39-26-18-16-25(17-19-26)34-31(38)28(20-23-12-8-9-15-27(23)32)35-30(37)22-10-4-2-5-11-22/h2-21H,1H3,(H,33,36)(H,34,38)(H,35,37)/b28-20-. The summed E-state index contributed by atoms with van der Waals surface area (Å²) >= 11 is 1.38. The summed E-state index contributed by atoms with van der Waals surface area (Å²) in [7, 11) is 0. The van der Waals surface area contributed by atoms with Crippen LogP contribution in [0, 0.1) is 5.82 Å². The molecule has 0 aliphatic heterocycles. The number of rotatable bonds is 9. The van der Waals surface area contributed by atoms with Gasteiger partial charge in [-0.25, -0.2) is 4.39 Å². The van der Waals surface area contributed by atoms with Crippen LogP contribution in [-0.2, 0) is 9.59 Å². The third-order valence-corrected chi connectivity index (χ3v) is 6.68. The Morgan fingerprint density at radius 2 is 1.33 bits per heavy atom. The van der Waals surface area contributed by atoms with Crippen LogP contribution in [0.5, 0.6) is 0 Å². The van der Waals surface area contributed by atoms with Gasteiger partial charge in [0.05, 0.1) is 5.25 Å². The van der Waals surface area contributed by atoms with E-state index in [2.05, 4.69) is 16.0 Å². The minimum atomic E-state index is -0.612. The molecule has 0 spiro atoms. The molecule has 6 nitrogen and oxygen atoms in total. The first-order valence-electron chi connectivity index (χ1n) is 12.2. The maximum absolute atomic E-state index is 14.3. The summed E-state index contributed by atoms with van der Waals surface area (Å²) in [4.78, 5) is 39.2. The number of hydrogen-bond acceptors (Lipinski definition) is 4. The second kappa shape index (κ2) is 13.2. The molecular weight excluding hydrogens is 513 g/mol. The number of thioether (sulfide) groups is 1. The molecule has 196 valence electrons. The number of nitrogens with one attached hydrogen (secondary N) is 3. The molecule has 3 amide bonds. The molecule has 0 heterocycles. The van der Waals surface area contributed by atoms with E-state index in [1.54, 1.807) is 66.7 Å². The van der Waals surface area contributed by atoms with Crippen molar-refractivity contribution in [2.75, 3.05) is 10.6 Å². The summed E-state index contributed by atoms with van der Waals surface area (Å²) in [6.07, 6.45) is 1.29. The highest BCUT2D eigenvalue weighted by atomic mass is 32.2. The van der Waals surface area contributed by atoms with Crippen molar-refractivity contribution >= 4 is 46.9 Å². The molecule has 1 unspecified atom stereocenters. The number of halogens is 1. The lowest BCUT2D eigenvalue weighted by Crippen LogP contribution is -2.30. The maximum Gasteiger partial charge on any atom is 0.272 e. The third-order valence-electron chi connectivity index (χ3n) is 5.57. The fourth-order valence-electron chi connectivity index (χ4n) is 3.53. The van der Waals surface area contributed by atoms with Crippen molar-refractivity contribution in [3.05, 3.63) is 132 Å². The summed E-state index contributed by atoms with van der Waals surface area (Å²) < 4.78 is 14.3. The van der Waals surface area contributed by atoms with Crippen LogP contribution in [0.1, 0.15) is 22.8 Å². The zero-order valence-electron chi connectivity index (χ0n) is 21.1. The minimum Gasteiger partial charge on any atom is -0.325 e. The lowest BCUT2D eigenvalue weighted by molar-refractivity contribution is -0.115. The second-order valence-corrected chi connectivity index (χ2v) is 9.91. The van der Waals surface area contributed by atoms with Gasteiger partial charge < -0.3 is 16.0 Å². The van der Waals surface area contributed by atoms with Crippen LogP contribution in [0.3, 0.4) is 0 Å². The van der Waals surface area contributed by atoms with Crippen LogP contribution in [0.4, 0.5) is 15.8 Å². The summed E-state index contributed by atoms with van der Waals surface area (Å²) in [5.74, 6) is -1.76. The summed E-state index contributed by atoms with van der Waals surface area (Å²) in [6, 6.07) is 30.6. The molecule has 0 saturated carbocycles.